The zero-order valence-electron chi connectivity index (χ0n) is 13.0. The van der Waals surface area contributed by atoms with Gasteiger partial charge in [-0.05, 0) is 56.4 Å². The quantitative estimate of drug-likeness (QED) is 0.853. The van der Waals surface area contributed by atoms with Crippen LogP contribution in [-0.4, -0.2) is 23.0 Å². The minimum atomic E-state index is -0.934. The fraction of sp³-hybridized carbons (Fsp3) is 0.444. The van der Waals surface area contributed by atoms with Crippen molar-refractivity contribution in [2.75, 3.05) is 4.90 Å². The molecule has 0 saturated heterocycles. The van der Waals surface area contributed by atoms with Crippen LogP contribution in [0, 0.1) is 17.7 Å². The molecule has 1 aromatic carbocycles. The number of allylic oxidation sites excluding steroid dienone is 2. The Hall–Kier alpha value is -2.17. The van der Waals surface area contributed by atoms with Gasteiger partial charge in [-0.15, -0.1) is 0 Å². The van der Waals surface area contributed by atoms with Gasteiger partial charge >= 0.3 is 5.97 Å². The first-order valence-corrected chi connectivity index (χ1v) is 7.98. The van der Waals surface area contributed by atoms with Crippen LogP contribution in [0.1, 0.15) is 31.7 Å². The van der Waals surface area contributed by atoms with Gasteiger partial charge in [0.2, 0.25) is 5.91 Å². The number of aryl methyl sites for hydroxylation is 1. The molecule has 0 fully saturated rings. The molecule has 1 aromatic rings. The van der Waals surface area contributed by atoms with Gasteiger partial charge in [0.05, 0.1) is 11.8 Å². The van der Waals surface area contributed by atoms with Gasteiger partial charge in [0.1, 0.15) is 5.82 Å². The lowest BCUT2D eigenvalue weighted by Crippen LogP contribution is -2.48. The summed E-state index contributed by atoms with van der Waals surface area (Å²) >= 11 is 0. The Labute approximate surface area is 134 Å². The van der Waals surface area contributed by atoms with Crippen molar-refractivity contribution < 1.29 is 19.1 Å². The van der Waals surface area contributed by atoms with Crippen LogP contribution in [0.4, 0.5) is 10.1 Å². The van der Waals surface area contributed by atoms with Crippen molar-refractivity contribution in [3.63, 3.8) is 0 Å². The average Bonchev–Trinajstić information content (AvgIpc) is 2.54. The number of fused-ring (bicyclic) bond motifs is 1. The molecule has 5 heteroatoms. The third-order valence-electron chi connectivity index (χ3n) is 4.88. The second kappa shape index (κ2) is 6.14. The highest BCUT2D eigenvalue weighted by Gasteiger charge is 2.39. The summed E-state index contributed by atoms with van der Waals surface area (Å²) in [6, 6.07) is 4.44. The lowest BCUT2D eigenvalue weighted by atomic mass is 9.81. The van der Waals surface area contributed by atoms with Crippen molar-refractivity contribution in [1.82, 2.24) is 0 Å². The van der Waals surface area contributed by atoms with E-state index in [-0.39, 0.29) is 17.8 Å². The molecule has 1 heterocycles. The number of hydrogen-bond donors (Lipinski definition) is 1. The Balaban J connectivity index is 1.95. The summed E-state index contributed by atoms with van der Waals surface area (Å²) in [5.41, 5.74) is 1.53. The van der Waals surface area contributed by atoms with Crippen LogP contribution in [0.5, 0.6) is 0 Å². The van der Waals surface area contributed by atoms with E-state index in [1.807, 2.05) is 19.1 Å². The molecule has 1 N–H and O–H groups in total. The molecule has 0 spiro atoms. The minimum Gasteiger partial charge on any atom is -0.481 e. The molecule has 23 heavy (non-hydrogen) atoms. The average molecular weight is 317 g/mol. The van der Waals surface area contributed by atoms with Crippen molar-refractivity contribution in [2.45, 2.75) is 38.6 Å². The first-order chi connectivity index (χ1) is 11.0. The Morgan fingerprint density at radius 1 is 1.22 bits per heavy atom. The maximum absolute atomic E-state index is 13.5. The number of anilines is 1. The number of amides is 1. The Morgan fingerprint density at radius 3 is 2.61 bits per heavy atom. The van der Waals surface area contributed by atoms with E-state index in [9.17, 15) is 19.1 Å². The third-order valence-corrected chi connectivity index (χ3v) is 4.88. The SMILES string of the molecule is CC1CCc2cc(F)ccc2N1C(=O)C1CC=CCC1C(=O)O. The molecule has 1 amide bonds. The number of halogens is 1. The highest BCUT2D eigenvalue weighted by atomic mass is 19.1. The number of carbonyl (C=O) groups excluding carboxylic acids is 1. The minimum absolute atomic E-state index is 0.0131. The van der Waals surface area contributed by atoms with Crippen molar-refractivity contribution >= 4 is 17.6 Å². The van der Waals surface area contributed by atoms with Crippen LogP contribution >= 0.6 is 0 Å². The smallest absolute Gasteiger partial charge is 0.307 e. The summed E-state index contributed by atoms with van der Waals surface area (Å²) in [6.45, 7) is 1.96. The fourth-order valence-electron chi connectivity index (χ4n) is 3.59. The molecule has 0 radical (unpaired) electrons. The first kappa shape index (κ1) is 15.7. The van der Waals surface area contributed by atoms with Gasteiger partial charge in [0, 0.05) is 11.7 Å². The zero-order valence-corrected chi connectivity index (χ0v) is 13.0. The number of carboxylic acid groups (broad SMARTS) is 1. The predicted octanol–water partition coefficient (Wildman–Crippen LogP) is 3.16. The monoisotopic (exact) mass is 317 g/mol. The summed E-state index contributed by atoms with van der Waals surface area (Å²) in [5.74, 6) is -2.66. The van der Waals surface area contributed by atoms with E-state index in [2.05, 4.69) is 0 Å². The van der Waals surface area contributed by atoms with Gasteiger partial charge in [0.15, 0.2) is 0 Å². The van der Waals surface area contributed by atoms with Crippen LogP contribution in [0.3, 0.4) is 0 Å². The number of carbonyl (C=O) groups is 2. The third kappa shape index (κ3) is 2.87. The van der Waals surface area contributed by atoms with Gasteiger partial charge < -0.3 is 10.0 Å². The molecule has 1 aliphatic carbocycles. The van der Waals surface area contributed by atoms with E-state index in [0.29, 0.717) is 18.5 Å². The molecule has 3 atom stereocenters. The zero-order chi connectivity index (χ0) is 16.6. The van der Waals surface area contributed by atoms with Crippen molar-refractivity contribution in [3.8, 4) is 0 Å². The number of carboxylic acids is 1. The van der Waals surface area contributed by atoms with Crippen LogP contribution in [0.15, 0.2) is 30.4 Å². The molecule has 4 nitrogen and oxygen atoms in total. The highest BCUT2D eigenvalue weighted by molar-refractivity contribution is 5.99. The van der Waals surface area contributed by atoms with Crippen LogP contribution in [-0.2, 0) is 16.0 Å². The topological polar surface area (TPSA) is 57.6 Å². The predicted molar refractivity (Wildman–Crippen MR) is 84.7 cm³/mol. The standard InChI is InChI=1S/C18H20FNO3/c1-11-6-7-12-10-13(19)8-9-16(12)20(11)17(21)14-4-2-3-5-15(14)18(22)23/h2-3,8-11,14-15H,4-7H2,1H3,(H,22,23). The summed E-state index contributed by atoms with van der Waals surface area (Å²) < 4.78 is 13.5. The second-order valence-corrected chi connectivity index (χ2v) is 6.36. The van der Waals surface area contributed by atoms with Gasteiger partial charge in [-0.3, -0.25) is 9.59 Å². The van der Waals surface area contributed by atoms with Gasteiger partial charge in [0.25, 0.3) is 0 Å². The Kier molecular flexibility index (Phi) is 4.20. The van der Waals surface area contributed by atoms with Crippen molar-refractivity contribution in [2.24, 2.45) is 11.8 Å². The second-order valence-electron chi connectivity index (χ2n) is 6.36. The summed E-state index contributed by atoms with van der Waals surface area (Å²) in [7, 11) is 0. The van der Waals surface area contributed by atoms with E-state index in [1.54, 1.807) is 11.0 Å². The lowest BCUT2D eigenvalue weighted by molar-refractivity contribution is -0.146. The number of benzene rings is 1. The van der Waals surface area contributed by atoms with Crippen molar-refractivity contribution in [3.05, 3.63) is 41.7 Å². The molecule has 2 aliphatic rings. The van der Waals surface area contributed by atoms with Crippen LogP contribution in [0.2, 0.25) is 0 Å². The number of aliphatic carboxylic acids is 1. The molecule has 3 unspecified atom stereocenters. The number of nitrogens with zero attached hydrogens (tertiary/aromatic N) is 1. The maximum Gasteiger partial charge on any atom is 0.307 e. The first-order valence-electron chi connectivity index (χ1n) is 7.98. The molecular weight excluding hydrogens is 297 g/mol. The lowest BCUT2D eigenvalue weighted by Gasteiger charge is -2.39. The highest BCUT2D eigenvalue weighted by Crippen LogP contribution is 2.36. The normalized spacial score (nSPS) is 26.7. The summed E-state index contributed by atoms with van der Waals surface area (Å²) in [4.78, 5) is 26.2. The van der Waals surface area contributed by atoms with Gasteiger partial charge in [-0.2, -0.15) is 0 Å². The van der Waals surface area contributed by atoms with E-state index in [4.69, 9.17) is 0 Å². The van der Waals surface area contributed by atoms with E-state index < -0.39 is 17.8 Å². The molecule has 1 aliphatic heterocycles. The largest absolute Gasteiger partial charge is 0.481 e. The Morgan fingerprint density at radius 2 is 1.91 bits per heavy atom. The molecule has 0 bridgehead atoms. The van der Waals surface area contributed by atoms with Gasteiger partial charge in [-0.25, -0.2) is 4.39 Å². The van der Waals surface area contributed by atoms with Crippen molar-refractivity contribution in [1.29, 1.82) is 0 Å². The Bertz CT molecular complexity index is 670. The number of hydrogen-bond acceptors (Lipinski definition) is 2. The van der Waals surface area contributed by atoms with Crippen LogP contribution in [0.25, 0.3) is 0 Å². The molecule has 3 rings (SSSR count). The summed E-state index contributed by atoms with van der Waals surface area (Å²) in [5, 5.41) is 9.40. The van der Waals surface area contributed by atoms with Crippen LogP contribution < -0.4 is 4.90 Å². The number of rotatable bonds is 2. The molecule has 122 valence electrons. The molecular formula is C18H20FNO3. The molecule has 0 saturated carbocycles. The van der Waals surface area contributed by atoms with E-state index in [1.165, 1.54) is 12.1 Å². The van der Waals surface area contributed by atoms with E-state index in [0.717, 1.165) is 18.4 Å². The molecule has 0 aromatic heterocycles. The van der Waals surface area contributed by atoms with E-state index >= 15 is 0 Å². The fourth-order valence-corrected chi connectivity index (χ4v) is 3.59. The van der Waals surface area contributed by atoms with Gasteiger partial charge in [-0.1, -0.05) is 12.2 Å². The maximum atomic E-state index is 13.5. The summed E-state index contributed by atoms with van der Waals surface area (Å²) in [6.07, 6.45) is 6.00.